The first-order valence-electron chi connectivity index (χ1n) is 10.8. The van der Waals surface area contributed by atoms with Crippen molar-refractivity contribution in [2.75, 3.05) is 13.7 Å². The number of aromatic nitrogens is 1. The molecule has 32 heavy (non-hydrogen) atoms. The fourth-order valence-electron chi connectivity index (χ4n) is 6.71. The molecule has 7 atom stereocenters. The van der Waals surface area contributed by atoms with E-state index in [1.165, 1.54) is 23.1 Å². The molecule has 2 aromatic rings. The molecule has 166 valence electrons. The third-order valence-electron chi connectivity index (χ3n) is 7.85. The van der Waals surface area contributed by atoms with Crippen molar-refractivity contribution in [3.63, 3.8) is 0 Å². The first-order valence-corrected chi connectivity index (χ1v) is 12.9. The fraction of sp³-hybridized carbons (Fsp3) is 0.478. The number of carbonyl (C=O) groups is 3. The van der Waals surface area contributed by atoms with E-state index in [4.69, 9.17) is 17.0 Å². The van der Waals surface area contributed by atoms with Crippen LogP contribution in [0.1, 0.15) is 28.3 Å². The van der Waals surface area contributed by atoms with Gasteiger partial charge in [0.05, 0.1) is 24.0 Å². The molecule has 1 N–H and O–H groups in total. The predicted molar refractivity (Wildman–Crippen MR) is 123 cm³/mol. The highest BCUT2D eigenvalue weighted by Gasteiger charge is 2.69. The molecule has 1 saturated heterocycles. The van der Waals surface area contributed by atoms with Crippen LogP contribution in [0.3, 0.4) is 0 Å². The molecule has 0 spiro atoms. The Morgan fingerprint density at radius 3 is 2.66 bits per heavy atom. The number of hydrogen-bond donors (Lipinski definition) is 1. The Labute approximate surface area is 198 Å². The predicted octanol–water partition coefficient (Wildman–Crippen LogP) is 3.76. The molecule has 1 aromatic heterocycles. The molecule has 1 aromatic carbocycles. The second kappa shape index (κ2) is 7.27. The molecule has 2 bridgehead atoms. The van der Waals surface area contributed by atoms with Crippen molar-refractivity contribution in [3.05, 3.63) is 44.2 Å². The van der Waals surface area contributed by atoms with Gasteiger partial charge in [0.25, 0.3) is 0 Å². The molecule has 0 radical (unpaired) electrons. The Morgan fingerprint density at radius 1 is 1.22 bits per heavy atom. The van der Waals surface area contributed by atoms with Crippen LogP contribution in [0.15, 0.2) is 29.3 Å². The highest BCUT2D eigenvalue weighted by molar-refractivity contribution is 8.00. The maximum absolute atomic E-state index is 13.3. The van der Waals surface area contributed by atoms with Gasteiger partial charge in [0, 0.05) is 16.0 Å². The summed E-state index contributed by atoms with van der Waals surface area (Å²) >= 11 is 8.93. The Hall–Kier alpha value is -1.97. The summed E-state index contributed by atoms with van der Waals surface area (Å²) in [6.45, 7) is 1.85. The molecular formula is C23H22N2O4S3. The quantitative estimate of drug-likeness (QED) is 0.404. The number of esters is 1. The van der Waals surface area contributed by atoms with E-state index in [2.05, 4.69) is 36.2 Å². The lowest BCUT2D eigenvalue weighted by Crippen LogP contribution is -2.42. The van der Waals surface area contributed by atoms with Crippen LogP contribution in [0.2, 0.25) is 0 Å². The first kappa shape index (κ1) is 20.6. The van der Waals surface area contributed by atoms with Gasteiger partial charge in [0.1, 0.15) is 6.54 Å². The number of nitrogens with zero attached hydrogens (tertiary/aromatic N) is 1. The number of nitrogens with one attached hydrogen (secondary N) is 1. The van der Waals surface area contributed by atoms with E-state index >= 15 is 0 Å². The van der Waals surface area contributed by atoms with E-state index in [0.29, 0.717) is 0 Å². The Kier molecular flexibility index (Phi) is 4.68. The summed E-state index contributed by atoms with van der Waals surface area (Å²) in [6.07, 6.45) is 0.888. The monoisotopic (exact) mass is 486 g/mol. The van der Waals surface area contributed by atoms with E-state index in [-0.39, 0.29) is 59.1 Å². The number of ether oxygens (including phenoxy) is 1. The molecule has 2 saturated carbocycles. The molecule has 2 amide bonds. The number of hydrogen-bond acceptors (Lipinski definition) is 7. The van der Waals surface area contributed by atoms with Crippen LogP contribution >= 0.6 is 35.3 Å². The average Bonchev–Trinajstić information content (AvgIpc) is 3.50. The number of aromatic amines is 1. The number of carbonyl (C=O) groups excluding carboxylic acids is 3. The van der Waals surface area contributed by atoms with E-state index in [1.807, 2.05) is 0 Å². The highest BCUT2D eigenvalue weighted by Crippen LogP contribution is 2.68. The molecule has 7 unspecified atom stereocenters. The number of imide groups is 1. The van der Waals surface area contributed by atoms with Crippen molar-refractivity contribution in [2.24, 2.45) is 29.6 Å². The number of rotatable bonds is 3. The number of H-pyrrole nitrogens is 1. The third kappa shape index (κ3) is 2.70. The number of benzene rings is 1. The average molecular weight is 487 g/mol. The Balaban J connectivity index is 1.44. The van der Waals surface area contributed by atoms with Gasteiger partial charge in [0.2, 0.25) is 11.8 Å². The summed E-state index contributed by atoms with van der Waals surface area (Å²) in [5, 5.41) is 1.36. The number of methoxy groups -OCH3 is 1. The minimum Gasteiger partial charge on any atom is -0.468 e. The Morgan fingerprint density at radius 2 is 1.94 bits per heavy atom. The highest BCUT2D eigenvalue weighted by atomic mass is 32.2. The zero-order valence-corrected chi connectivity index (χ0v) is 20.0. The lowest BCUT2D eigenvalue weighted by Gasteiger charge is -2.43. The van der Waals surface area contributed by atoms with Crippen LogP contribution in [0, 0.1) is 40.5 Å². The van der Waals surface area contributed by atoms with Crippen molar-refractivity contribution in [2.45, 2.75) is 29.5 Å². The largest absolute Gasteiger partial charge is 0.468 e. The summed E-state index contributed by atoms with van der Waals surface area (Å²) in [6, 6.07) is 8.45. The summed E-state index contributed by atoms with van der Waals surface area (Å²) in [7, 11) is 1.28. The normalized spacial score (nSPS) is 34.4. The van der Waals surface area contributed by atoms with Crippen molar-refractivity contribution >= 4 is 53.1 Å². The molecule has 3 heterocycles. The molecule has 6 rings (SSSR count). The van der Waals surface area contributed by atoms with Gasteiger partial charge < -0.3 is 9.72 Å². The van der Waals surface area contributed by atoms with Crippen LogP contribution in [0.25, 0.3) is 0 Å². The lowest BCUT2D eigenvalue weighted by molar-refractivity contribution is -0.151. The topological polar surface area (TPSA) is 79.5 Å². The summed E-state index contributed by atoms with van der Waals surface area (Å²) < 4.78 is 5.49. The van der Waals surface area contributed by atoms with Crippen LogP contribution in [0.5, 0.6) is 0 Å². The Bertz CT molecular complexity index is 1220. The SMILES string of the molecule is COC(=O)CN1C(=O)C2C3CC(C2C1=O)C1C(c2ccccc2C)c2sc(=S)[nH]c2SC31. The van der Waals surface area contributed by atoms with Gasteiger partial charge in [-0.05, 0) is 54.4 Å². The zero-order chi connectivity index (χ0) is 22.3. The molecule has 9 heteroatoms. The maximum atomic E-state index is 13.3. The lowest BCUT2D eigenvalue weighted by atomic mass is 9.67. The molecule has 3 fully saturated rings. The maximum Gasteiger partial charge on any atom is 0.325 e. The van der Waals surface area contributed by atoms with Crippen LogP contribution in [-0.4, -0.2) is 46.6 Å². The van der Waals surface area contributed by atoms with Gasteiger partial charge in [-0.15, -0.1) is 23.1 Å². The van der Waals surface area contributed by atoms with E-state index in [1.54, 1.807) is 23.1 Å². The third-order valence-corrected chi connectivity index (χ3v) is 10.8. The van der Waals surface area contributed by atoms with Crippen LogP contribution in [-0.2, 0) is 19.1 Å². The number of thiazole rings is 1. The minimum absolute atomic E-state index is 0.120. The molecule has 6 nitrogen and oxygen atoms in total. The molecule has 4 aliphatic rings. The summed E-state index contributed by atoms with van der Waals surface area (Å²) in [4.78, 5) is 44.2. The number of amides is 2. The standard InChI is InChI=1S/C23H22N2O4S3/c1-9-5-3-4-6-10(9)14-15-11-7-12(18(15)31-20-19(14)32-23(30)24-20)17-16(11)21(27)25(22(17)28)8-13(26)29-2/h3-6,11-12,14-18H,7-8H2,1-2H3,(H,24,30). The van der Waals surface area contributed by atoms with Gasteiger partial charge in [0.15, 0.2) is 3.95 Å². The molecular weight excluding hydrogens is 464 g/mol. The number of fused-ring (bicyclic) bond motifs is 9. The fourth-order valence-corrected chi connectivity index (χ4v) is 10.0. The first-order chi connectivity index (χ1) is 15.4. The smallest absolute Gasteiger partial charge is 0.325 e. The number of aryl methyl sites for hydroxylation is 1. The van der Waals surface area contributed by atoms with E-state index < -0.39 is 5.97 Å². The van der Waals surface area contributed by atoms with E-state index in [0.717, 1.165) is 20.3 Å². The second-order valence-corrected chi connectivity index (χ2v) is 12.1. The number of thioether (sulfide) groups is 1. The van der Waals surface area contributed by atoms with Gasteiger partial charge in [-0.25, -0.2) is 0 Å². The van der Waals surface area contributed by atoms with Crippen LogP contribution in [0.4, 0.5) is 0 Å². The summed E-state index contributed by atoms with van der Waals surface area (Å²) in [5.74, 6) is -0.953. The molecule has 2 aliphatic heterocycles. The summed E-state index contributed by atoms with van der Waals surface area (Å²) in [5.41, 5.74) is 2.51. The van der Waals surface area contributed by atoms with E-state index in [9.17, 15) is 14.4 Å². The second-order valence-electron chi connectivity index (χ2n) is 9.16. The van der Waals surface area contributed by atoms with Gasteiger partial charge in [-0.3, -0.25) is 19.3 Å². The van der Waals surface area contributed by atoms with Gasteiger partial charge >= 0.3 is 5.97 Å². The van der Waals surface area contributed by atoms with Crippen molar-refractivity contribution < 1.29 is 19.1 Å². The minimum atomic E-state index is -0.557. The van der Waals surface area contributed by atoms with Crippen LogP contribution < -0.4 is 0 Å². The molecule has 2 aliphatic carbocycles. The van der Waals surface area contributed by atoms with Crippen molar-refractivity contribution in [1.82, 2.24) is 9.88 Å². The van der Waals surface area contributed by atoms with Gasteiger partial charge in [-0.1, -0.05) is 24.3 Å². The van der Waals surface area contributed by atoms with Crippen molar-refractivity contribution in [3.8, 4) is 0 Å². The zero-order valence-electron chi connectivity index (χ0n) is 17.6. The van der Waals surface area contributed by atoms with Crippen molar-refractivity contribution in [1.29, 1.82) is 0 Å². The number of likely N-dealkylation sites (tertiary alicyclic amines) is 1. The van der Waals surface area contributed by atoms with Gasteiger partial charge in [-0.2, -0.15) is 0 Å².